The molecular weight excluding hydrogens is 372 g/mol. The lowest BCUT2D eigenvalue weighted by molar-refractivity contribution is 0.0125. The second kappa shape index (κ2) is 11.2. The van der Waals surface area contributed by atoms with Crippen LogP contribution in [-0.2, 0) is 17.7 Å². The molecule has 3 aromatic rings. The van der Waals surface area contributed by atoms with Crippen molar-refractivity contribution in [2.24, 2.45) is 0 Å². The molecule has 1 aliphatic heterocycles. The van der Waals surface area contributed by atoms with E-state index in [0.717, 1.165) is 51.3 Å². The molecular formula is C26H36N2O2. The molecule has 30 heavy (non-hydrogen) atoms. The summed E-state index contributed by atoms with van der Waals surface area (Å²) in [4.78, 5) is 5.86. The van der Waals surface area contributed by atoms with E-state index in [1.807, 2.05) is 12.3 Å². The number of aromatic amines is 1. The number of hydrogen-bond donors (Lipinski definition) is 1. The Bertz CT molecular complexity index is 896. The first-order chi connectivity index (χ1) is 14.7. The summed E-state index contributed by atoms with van der Waals surface area (Å²) in [6.07, 6.45) is 5.84. The Balaban J connectivity index is 0.000000269. The maximum atomic E-state index is 5.74. The minimum atomic E-state index is 0.438. The fourth-order valence-corrected chi connectivity index (χ4v) is 4.19. The van der Waals surface area contributed by atoms with Gasteiger partial charge in [-0.05, 0) is 56.4 Å². The molecule has 1 aliphatic rings. The number of methoxy groups -OCH3 is 1. The number of H-pyrrole nitrogens is 1. The van der Waals surface area contributed by atoms with Crippen LogP contribution in [-0.4, -0.2) is 42.8 Å². The van der Waals surface area contributed by atoms with Crippen molar-refractivity contribution in [3.05, 3.63) is 65.4 Å². The van der Waals surface area contributed by atoms with Crippen LogP contribution in [0.15, 0.2) is 48.7 Å². The molecule has 0 saturated carbocycles. The van der Waals surface area contributed by atoms with Gasteiger partial charge in [0.05, 0.1) is 13.2 Å². The lowest BCUT2D eigenvalue weighted by Crippen LogP contribution is -2.36. The van der Waals surface area contributed by atoms with Crippen LogP contribution in [0.1, 0.15) is 43.4 Å². The zero-order valence-corrected chi connectivity index (χ0v) is 18.9. The second-order valence-corrected chi connectivity index (χ2v) is 7.91. The van der Waals surface area contributed by atoms with Gasteiger partial charge in [-0.2, -0.15) is 0 Å². The molecule has 1 N–H and O–H groups in total. The smallest absolute Gasteiger partial charge is 0.124 e. The third kappa shape index (κ3) is 5.65. The third-order valence-corrected chi connectivity index (χ3v) is 5.90. The molecule has 2 heterocycles. The van der Waals surface area contributed by atoms with E-state index in [0.29, 0.717) is 6.10 Å². The van der Waals surface area contributed by atoms with E-state index in [1.165, 1.54) is 27.6 Å². The molecule has 1 saturated heterocycles. The molecule has 0 radical (unpaired) electrons. The molecule has 0 aliphatic carbocycles. The highest BCUT2D eigenvalue weighted by atomic mass is 16.5. The van der Waals surface area contributed by atoms with Gasteiger partial charge in [0.25, 0.3) is 0 Å². The first-order valence-electron chi connectivity index (χ1n) is 11.2. The highest BCUT2D eigenvalue weighted by Gasteiger charge is 2.21. The fourth-order valence-electron chi connectivity index (χ4n) is 4.19. The van der Waals surface area contributed by atoms with Crippen molar-refractivity contribution in [2.45, 2.75) is 52.7 Å². The molecule has 4 heteroatoms. The number of nitrogens with zero attached hydrogens (tertiary/aromatic N) is 1. The Hall–Kier alpha value is -2.30. The van der Waals surface area contributed by atoms with E-state index in [2.05, 4.69) is 67.1 Å². The van der Waals surface area contributed by atoms with Crippen molar-refractivity contribution in [2.75, 3.05) is 26.8 Å². The number of aryl methyl sites for hydroxylation is 2. The standard InChI is InChI=1S/C18H26N2O2.C8H10/c1-4-22-14-6-9-20(10-7-14)12-16-15-5-8-19-18(15)13(2)11-17(16)21-3;1-2-8-6-4-3-5-7-8/h5,8,11,14,19H,4,6-7,9-10,12H2,1-3H3;3-7H,2H2,1H3. The van der Waals surface area contributed by atoms with Crippen molar-refractivity contribution >= 4 is 10.9 Å². The number of ether oxygens (including phenoxy) is 2. The lowest BCUT2D eigenvalue weighted by Gasteiger charge is -2.32. The average molecular weight is 409 g/mol. The monoisotopic (exact) mass is 408 g/mol. The van der Waals surface area contributed by atoms with Gasteiger partial charge in [-0.15, -0.1) is 0 Å². The Kier molecular flexibility index (Phi) is 8.35. The van der Waals surface area contributed by atoms with E-state index in [9.17, 15) is 0 Å². The van der Waals surface area contributed by atoms with Crippen LogP contribution in [0.2, 0.25) is 0 Å². The largest absolute Gasteiger partial charge is 0.496 e. The van der Waals surface area contributed by atoms with Crippen LogP contribution in [0, 0.1) is 6.92 Å². The Morgan fingerprint density at radius 1 is 1.07 bits per heavy atom. The summed E-state index contributed by atoms with van der Waals surface area (Å²) >= 11 is 0. The van der Waals surface area contributed by atoms with Crippen molar-refractivity contribution < 1.29 is 9.47 Å². The van der Waals surface area contributed by atoms with Crippen molar-refractivity contribution in [3.63, 3.8) is 0 Å². The highest BCUT2D eigenvalue weighted by Crippen LogP contribution is 2.32. The predicted octanol–water partition coefficient (Wildman–Crippen LogP) is 5.73. The molecule has 0 atom stereocenters. The zero-order valence-electron chi connectivity index (χ0n) is 18.9. The van der Waals surface area contributed by atoms with E-state index in [1.54, 1.807) is 7.11 Å². The van der Waals surface area contributed by atoms with Crippen LogP contribution >= 0.6 is 0 Å². The fraction of sp³-hybridized carbons (Fsp3) is 0.462. The SMILES string of the molecule is CCOC1CCN(Cc2c(OC)cc(C)c3[nH]ccc23)CC1.CCc1ccccc1. The molecule has 162 valence electrons. The summed E-state index contributed by atoms with van der Waals surface area (Å²) in [6.45, 7) is 10.3. The highest BCUT2D eigenvalue weighted by molar-refractivity contribution is 5.88. The number of fused-ring (bicyclic) bond motifs is 1. The molecule has 1 fully saturated rings. The van der Waals surface area contributed by atoms with Gasteiger partial charge >= 0.3 is 0 Å². The first-order valence-corrected chi connectivity index (χ1v) is 11.2. The number of nitrogens with one attached hydrogen (secondary N) is 1. The molecule has 0 spiro atoms. The number of rotatable bonds is 6. The number of aromatic nitrogens is 1. The van der Waals surface area contributed by atoms with E-state index in [4.69, 9.17) is 9.47 Å². The summed E-state index contributed by atoms with van der Waals surface area (Å²) in [5.74, 6) is 0.997. The Morgan fingerprint density at radius 2 is 1.80 bits per heavy atom. The van der Waals surface area contributed by atoms with Gasteiger partial charge in [0.1, 0.15) is 5.75 Å². The number of hydrogen-bond acceptors (Lipinski definition) is 3. The average Bonchev–Trinajstić information content (AvgIpc) is 3.29. The molecule has 4 rings (SSSR count). The molecule has 2 aromatic carbocycles. The summed E-state index contributed by atoms with van der Waals surface area (Å²) in [7, 11) is 1.76. The van der Waals surface area contributed by atoms with Gasteiger partial charge < -0.3 is 14.5 Å². The summed E-state index contributed by atoms with van der Waals surface area (Å²) in [6, 6.07) is 14.8. The second-order valence-electron chi connectivity index (χ2n) is 7.91. The minimum Gasteiger partial charge on any atom is -0.496 e. The summed E-state index contributed by atoms with van der Waals surface area (Å²) in [5.41, 5.74) is 5.15. The molecule has 0 unspecified atom stereocenters. The molecule has 0 amide bonds. The van der Waals surface area contributed by atoms with Crippen LogP contribution in [0.4, 0.5) is 0 Å². The van der Waals surface area contributed by atoms with Gasteiger partial charge in [-0.25, -0.2) is 0 Å². The zero-order chi connectivity index (χ0) is 21.3. The first kappa shape index (κ1) is 22.4. The molecule has 0 bridgehead atoms. The Labute approximate surface area is 181 Å². The van der Waals surface area contributed by atoms with Crippen LogP contribution in [0.5, 0.6) is 5.75 Å². The van der Waals surface area contributed by atoms with Gasteiger partial charge in [0.2, 0.25) is 0 Å². The predicted molar refractivity (Wildman–Crippen MR) is 125 cm³/mol. The van der Waals surface area contributed by atoms with Gasteiger partial charge in [-0.3, -0.25) is 4.90 Å². The van der Waals surface area contributed by atoms with Crippen molar-refractivity contribution in [3.8, 4) is 5.75 Å². The van der Waals surface area contributed by atoms with Crippen molar-refractivity contribution in [1.29, 1.82) is 0 Å². The normalized spacial score (nSPS) is 15.1. The third-order valence-electron chi connectivity index (χ3n) is 5.90. The topological polar surface area (TPSA) is 37.5 Å². The molecule has 4 nitrogen and oxygen atoms in total. The summed E-state index contributed by atoms with van der Waals surface area (Å²) < 4.78 is 11.4. The van der Waals surface area contributed by atoms with Crippen LogP contribution in [0.3, 0.4) is 0 Å². The Morgan fingerprint density at radius 3 is 2.40 bits per heavy atom. The lowest BCUT2D eigenvalue weighted by atomic mass is 10.0. The van der Waals surface area contributed by atoms with Crippen LogP contribution in [0.25, 0.3) is 10.9 Å². The van der Waals surface area contributed by atoms with Gasteiger partial charge in [0, 0.05) is 48.9 Å². The van der Waals surface area contributed by atoms with E-state index < -0.39 is 0 Å². The maximum Gasteiger partial charge on any atom is 0.124 e. The number of benzene rings is 2. The van der Waals surface area contributed by atoms with Crippen LogP contribution < -0.4 is 4.74 Å². The maximum absolute atomic E-state index is 5.74. The number of piperidine rings is 1. The quantitative estimate of drug-likeness (QED) is 0.565. The van der Waals surface area contributed by atoms with E-state index in [-0.39, 0.29) is 0 Å². The minimum absolute atomic E-state index is 0.438. The van der Waals surface area contributed by atoms with Gasteiger partial charge in [-0.1, -0.05) is 37.3 Å². The summed E-state index contributed by atoms with van der Waals surface area (Å²) in [5, 5.41) is 1.28. The van der Waals surface area contributed by atoms with E-state index >= 15 is 0 Å². The number of likely N-dealkylation sites (tertiary alicyclic amines) is 1. The van der Waals surface area contributed by atoms with Crippen molar-refractivity contribution in [1.82, 2.24) is 9.88 Å². The van der Waals surface area contributed by atoms with Gasteiger partial charge in [0.15, 0.2) is 0 Å². The molecule has 1 aromatic heterocycles.